The number of carbonyl (C=O) groups is 1. The van der Waals surface area contributed by atoms with E-state index in [1.807, 2.05) is 18.2 Å². The van der Waals surface area contributed by atoms with Crippen LogP contribution >= 0.6 is 0 Å². The molecule has 2 aromatic heterocycles. The van der Waals surface area contributed by atoms with Gasteiger partial charge in [0, 0.05) is 29.3 Å². The van der Waals surface area contributed by atoms with Crippen LogP contribution in [-0.4, -0.2) is 22.4 Å². The van der Waals surface area contributed by atoms with E-state index in [9.17, 15) is 4.79 Å². The number of fused-ring (bicyclic) bond motifs is 2. The summed E-state index contributed by atoms with van der Waals surface area (Å²) < 4.78 is 0. The standard InChI is InChI=1S/C25H25N3O/c1-3-15-26-24(29)10-6-8-19-20-16-17(2)11-13-22(20)28-25(19)23-14-12-18-7-4-5-9-21(18)27-23/h3-5,7,9,11-14,16,28H,1,6,8,10,15H2,2H3,(H,26,29). The van der Waals surface area contributed by atoms with Crippen LogP contribution in [0.4, 0.5) is 0 Å². The SMILES string of the molecule is C=CCNC(=O)CCCc1c(-c2ccc3ccccc3n2)[nH]c2ccc(C)cc12. The molecule has 0 bridgehead atoms. The number of aryl methyl sites for hydroxylation is 2. The monoisotopic (exact) mass is 383 g/mol. The van der Waals surface area contributed by atoms with Gasteiger partial charge in [-0.2, -0.15) is 0 Å². The highest BCUT2D eigenvalue weighted by atomic mass is 16.1. The fourth-order valence-corrected chi connectivity index (χ4v) is 3.75. The number of aromatic nitrogens is 2. The van der Waals surface area contributed by atoms with Crippen LogP contribution in [0.3, 0.4) is 0 Å². The van der Waals surface area contributed by atoms with E-state index in [0.29, 0.717) is 13.0 Å². The molecule has 4 nitrogen and oxygen atoms in total. The second-order valence-corrected chi connectivity index (χ2v) is 7.36. The van der Waals surface area contributed by atoms with Gasteiger partial charge in [-0.1, -0.05) is 42.0 Å². The third kappa shape index (κ3) is 4.06. The number of pyridine rings is 1. The molecular weight excluding hydrogens is 358 g/mol. The molecule has 0 aliphatic carbocycles. The highest BCUT2D eigenvalue weighted by molar-refractivity contribution is 5.92. The van der Waals surface area contributed by atoms with Crippen molar-refractivity contribution in [1.82, 2.24) is 15.3 Å². The average Bonchev–Trinajstić information content (AvgIpc) is 3.09. The minimum atomic E-state index is 0.0614. The van der Waals surface area contributed by atoms with Crippen molar-refractivity contribution >= 4 is 27.7 Å². The third-order valence-corrected chi connectivity index (χ3v) is 5.19. The molecule has 0 fully saturated rings. The van der Waals surface area contributed by atoms with Crippen LogP contribution in [0.1, 0.15) is 24.0 Å². The number of benzene rings is 2. The number of aromatic amines is 1. The first-order valence-electron chi connectivity index (χ1n) is 10.0. The van der Waals surface area contributed by atoms with Gasteiger partial charge in [-0.25, -0.2) is 4.98 Å². The predicted octanol–water partition coefficient (Wildman–Crippen LogP) is 5.32. The summed E-state index contributed by atoms with van der Waals surface area (Å²) in [6.45, 7) is 6.25. The van der Waals surface area contributed by atoms with Gasteiger partial charge in [-0.3, -0.25) is 4.79 Å². The van der Waals surface area contributed by atoms with Crippen molar-refractivity contribution in [2.45, 2.75) is 26.2 Å². The van der Waals surface area contributed by atoms with Crippen LogP contribution in [0.5, 0.6) is 0 Å². The van der Waals surface area contributed by atoms with Crippen molar-refractivity contribution in [2.75, 3.05) is 6.54 Å². The van der Waals surface area contributed by atoms with E-state index in [1.54, 1.807) is 6.08 Å². The number of hydrogen-bond donors (Lipinski definition) is 2. The molecule has 0 saturated carbocycles. The largest absolute Gasteiger partial charge is 0.353 e. The van der Waals surface area contributed by atoms with Crippen molar-refractivity contribution in [3.63, 3.8) is 0 Å². The third-order valence-electron chi connectivity index (χ3n) is 5.19. The van der Waals surface area contributed by atoms with E-state index in [2.05, 4.69) is 60.2 Å². The molecule has 2 aromatic carbocycles. The minimum absolute atomic E-state index is 0.0614. The molecule has 2 N–H and O–H groups in total. The van der Waals surface area contributed by atoms with Crippen molar-refractivity contribution < 1.29 is 4.79 Å². The van der Waals surface area contributed by atoms with Gasteiger partial charge in [-0.15, -0.1) is 6.58 Å². The zero-order valence-corrected chi connectivity index (χ0v) is 16.7. The number of nitrogens with one attached hydrogen (secondary N) is 2. The van der Waals surface area contributed by atoms with Gasteiger partial charge in [-0.05, 0) is 49.6 Å². The first-order valence-corrected chi connectivity index (χ1v) is 10.0. The van der Waals surface area contributed by atoms with Crippen LogP contribution < -0.4 is 5.32 Å². The lowest BCUT2D eigenvalue weighted by atomic mass is 10.0. The molecule has 1 amide bonds. The highest BCUT2D eigenvalue weighted by Gasteiger charge is 2.15. The number of H-pyrrole nitrogens is 1. The van der Waals surface area contributed by atoms with Crippen molar-refractivity contribution in [3.05, 3.63) is 78.4 Å². The zero-order valence-electron chi connectivity index (χ0n) is 16.7. The van der Waals surface area contributed by atoms with E-state index < -0.39 is 0 Å². The zero-order chi connectivity index (χ0) is 20.2. The molecule has 0 atom stereocenters. The second kappa shape index (κ2) is 8.31. The summed E-state index contributed by atoms with van der Waals surface area (Å²) in [6, 6.07) is 18.8. The van der Waals surface area contributed by atoms with E-state index in [0.717, 1.165) is 40.6 Å². The average molecular weight is 383 g/mol. The molecule has 2 heterocycles. The Morgan fingerprint density at radius 2 is 2.03 bits per heavy atom. The van der Waals surface area contributed by atoms with Gasteiger partial charge in [0.1, 0.15) is 0 Å². The molecule has 146 valence electrons. The van der Waals surface area contributed by atoms with E-state index in [4.69, 9.17) is 4.98 Å². The molecule has 0 aliphatic rings. The minimum Gasteiger partial charge on any atom is -0.353 e. The number of nitrogens with zero attached hydrogens (tertiary/aromatic N) is 1. The first kappa shape index (κ1) is 18.9. The van der Waals surface area contributed by atoms with Gasteiger partial charge in [0.2, 0.25) is 5.91 Å². The van der Waals surface area contributed by atoms with Gasteiger partial charge in [0.05, 0.1) is 16.9 Å². The topological polar surface area (TPSA) is 57.8 Å². The van der Waals surface area contributed by atoms with Gasteiger partial charge in [0.25, 0.3) is 0 Å². The summed E-state index contributed by atoms with van der Waals surface area (Å²) in [6.07, 6.45) is 3.79. The van der Waals surface area contributed by atoms with Crippen LogP contribution in [0.25, 0.3) is 33.2 Å². The van der Waals surface area contributed by atoms with Gasteiger partial charge in [0.15, 0.2) is 0 Å². The number of rotatable bonds is 7. The quantitative estimate of drug-likeness (QED) is 0.425. The summed E-state index contributed by atoms with van der Waals surface area (Å²) >= 11 is 0. The number of amides is 1. The Kier molecular flexibility index (Phi) is 5.43. The number of carbonyl (C=O) groups excluding carboxylic acids is 1. The molecule has 0 unspecified atom stereocenters. The Bertz CT molecular complexity index is 1190. The number of hydrogen-bond acceptors (Lipinski definition) is 2. The predicted molar refractivity (Wildman–Crippen MR) is 120 cm³/mol. The summed E-state index contributed by atoms with van der Waals surface area (Å²) in [5.41, 5.74) is 6.51. The maximum atomic E-state index is 12.0. The van der Waals surface area contributed by atoms with Crippen LogP contribution in [0.15, 0.2) is 67.3 Å². The molecule has 4 aromatic rings. The lowest BCUT2D eigenvalue weighted by Crippen LogP contribution is -2.22. The van der Waals surface area contributed by atoms with E-state index >= 15 is 0 Å². The Morgan fingerprint density at radius 3 is 2.90 bits per heavy atom. The molecule has 0 radical (unpaired) electrons. The summed E-state index contributed by atoms with van der Waals surface area (Å²) in [7, 11) is 0. The van der Waals surface area contributed by atoms with E-state index in [1.165, 1.54) is 16.5 Å². The lowest BCUT2D eigenvalue weighted by molar-refractivity contribution is -0.120. The summed E-state index contributed by atoms with van der Waals surface area (Å²) in [5.74, 6) is 0.0614. The molecule has 0 aliphatic heterocycles. The highest BCUT2D eigenvalue weighted by Crippen LogP contribution is 2.32. The van der Waals surface area contributed by atoms with Crippen LogP contribution in [0.2, 0.25) is 0 Å². The lowest BCUT2D eigenvalue weighted by Gasteiger charge is -2.07. The fraction of sp³-hybridized carbons (Fsp3) is 0.200. The fourth-order valence-electron chi connectivity index (χ4n) is 3.75. The normalized spacial score (nSPS) is 11.1. The molecule has 4 rings (SSSR count). The van der Waals surface area contributed by atoms with Gasteiger partial charge >= 0.3 is 0 Å². The molecule has 0 spiro atoms. The smallest absolute Gasteiger partial charge is 0.220 e. The number of para-hydroxylation sites is 1. The Labute approximate surface area is 170 Å². The second-order valence-electron chi connectivity index (χ2n) is 7.36. The van der Waals surface area contributed by atoms with Gasteiger partial charge < -0.3 is 10.3 Å². The maximum absolute atomic E-state index is 12.0. The van der Waals surface area contributed by atoms with Crippen LogP contribution in [-0.2, 0) is 11.2 Å². The molecule has 0 saturated heterocycles. The Balaban J connectivity index is 1.69. The summed E-state index contributed by atoms with van der Waals surface area (Å²) in [5, 5.41) is 5.19. The van der Waals surface area contributed by atoms with E-state index in [-0.39, 0.29) is 5.91 Å². The molecular formula is C25H25N3O. The van der Waals surface area contributed by atoms with Crippen molar-refractivity contribution in [2.24, 2.45) is 0 Å². The van der Waals surface area contributed by atoms with Crippen molar-refractivity contribution in [3.8, 4) is 11.4 Å². The Hall–Kier alpha value is -3.40. The Morgan fingerprint density at radius 1 is 1.17 bits per heavy atom. The molecule has 29 heavy (non-hydrogen) atoms. The van der Waals surface area contributed by atoms with Crippen LogP contribution in [0, 0.1) is 6.92 Å². The van der Waals surface area contributed by atoms with Crippen molar-refractivity contribution in [1.29, 1.82) is 0 Å². The summed E-state index contributed by atoms with van der Waals surface area (Å²) in [4.78, 5) is 20.4. The molecule has 4 heteroatoms. The first-order chi connectivity index (χ1) is 14.2. The maximum Gasteiger partial charge on any atom is 0.220 e.